The van der Waals surface area contributed by atoms with Gasteiger partial charge in [-0.2, -0.15) is 5.26 Å². The first-order valence-corrected chi connectivity index (χ1v) is 4.74. The van der Waals surface area contributed by atoms with Gasteiger partial charge in [-0.25, -0.2) is 4.79 Å². The van der Waals surface area contributed by atoms with Gasteiger partial charge in [0.25, 0.3) is 5.69 Å². The number of carboxylic acids is 1. The van der Waals surface area contributed by atoms with Crippen LogP contribution in [-0.2, 0) is 9.53 Å². The number of nitro groups is 1. The van der Waals surface area contributed by atoms with E-state index in [2.05, 4.69) is 0 Å². The van der Waals surface area contributed by atoms with Gasteiger partial charge in [0.2, 0.25) is 0 Å². The molecular weight excluding hydrogens is 240 g/mol. The number of hydrogen-bond acceptors (Lipinski definition) is 5. The van der Waals surface area contributed by atoms with E-state index in [-0.39, 0.29) is 11.4 Å². The predicted molar refractivity (Wildman–Crippen MR) is 60.3 cm³/mol. The summed E-state index contributed by atoms with van der Waals surface area (Å²) in [4.78, 5) is 20.3. The minimum Gasteiger partial charge on any atom is -0.481 e. The van der Waals surface area contributed by atoms with Crippen LogP contribution in [0.3, 0.4) is 0 Å². The standard InChI is InChI=1S/C11H8N2O5/c12-6-5-10(18-7-11(14)15)8-1-3-9(4-2-8)13(16)17/h1-5H,7H2,(H,14,15)/b10-5-. The van der Waals surface area contributed by atoms with Crippen LogP contribution in [0.5, 0.6) is 0 Å². The molecule has 0 spiro atoms. The minimum absolute atomic E-state index is 0.0507. The van der Waals surface area contributed by atoms with Crippen LogP contribution in [0, 0.1) is 21.4 Å². The van der Waals surface area contributed by atoms with E-state index < -0.39 is 17.5 Å². The summed E-state index contributed by atoms with van der Waals surface area (Å²) in [6.07, 6.45) is 1.03. The van der Waals surface area contributed by atoms with Crippen molar-refractivity contribution in [3.05, 3.63) is 46.0 Å². The second-order valence-electron chi connectivity index (χ2n) is 3.12. The third kappa shape index (κ3) is 3.61. The second kappa shape index (κ2) is 6.00. The van der Waals surface area contributed by atoms with Crippen LogP contribution < -0.4 is 0 Å². The number of rotatable bonds is 5. The van der Waals surface area contributed by atoms with Gasteiger partial charge in [0.1, 0.15) is 5.76 Å². The molecule has 0 saturated carbocycles. The number of carbonyl (C=O) groups is 1. The molecule has 1 rings (SSSR count). The Labute approximate surface area is 102 Å². The lowest BCUT2D eigenvalue weighted by Crippen LogP contribution is -2.06. The van der Waals surface area contributed by atoms with Crippen molar-refractivity contribution >= 4 is 17.4 Å². The van der Waals surface area contributed by atoms with Crippen molar-refractivity contribution in [3.63, 3.8) is 0 Å². The molecule has 0 aliphatic carbocycles. The fraction of sp³-hybridized carbons (Fsp3) is 0.0909. The van der Waals surface area contributed by atoms with Crippen LogP contribution in [0.15, 0.2) is 30.3 Å². The average Bonchev–Trinajstić information content (AvgIpc) is 2.34. The molecule has 1 aromatic carbocycles. The Kier molecular flexibility index (Phi) is 4.40. The lowest BCUT2D eigenvalue weighted by atomic mass is 10.1. The Balaban J connectivity index is 2.93. The van der Waals surface area contributed by atoms with Crippen molar-refractivity contribution in [2.75, 3.05) is 6.61 Å². The van der Waals surface area contributed by atoms with Gasteiger partial charge in [0.15, 0.2) is 6.61 Å². The molecule has 0 aromatic heterocycles. The van der Waals surface area contributed by atoms with Gasteiger partial charge in [-0.05, 0) is 12.1 Å². The third-order valence-electron chi connectivity index (χ3n) is 1.91. The molecule has 1 N–H and O–H groups in total. The Morgan fingerprint density at radius 3 is 2.56 bits per heavy atom. The molecule has 0 amide bonds. The van der Waals surface area contributed by atoms with Crippen LogP contribution in [0.1, 0.15) is 5.56 Å². The Morgan fingerprint density at radius 1 is 1.50 bits per heavy atom. The highest BCUT2D eigenvalue weighted by molar-refractivity contribution is 5.71. The maximum Gasteiger partial charge on any atom is 0.341 e. The molecule has 92 valence electrons. The van der Waals surface area contributed by atoms with Crippen molar-refractivity contribution < 1.29 is 19.6 Å². The zero-order chi connectivity index (χ0) is 13.5. The summed E-state index contributed by atoms with van der Waals surface area (Å²) in [6, 6.07) is 6.95. The van der Waals surface area contributed by atoms with Crippen molar-refractivity contribution in [3.8, 4) is 6.07 Å². The molecule has 18 heavy (non-hydrogen) atoms. The Hall–Kier alpha value is -2.88. The molecule has 0 aliphatic rings. The number of hydrogen-bond donors (Lipinski definition) is 1. The Bertz CT molecular complexity index is 527. The fourth-order valence-corrected chi connectivity index (χ4v) is 1.15. The summed E-state index contributed by atoms with van der Waals surface area (Å²) in [5, 5.41) is 27.5. The minimum atomic E-state index is -1.18. The van der Waals surface area contributed by atoms with Crippen molar-refractivity contribution in [2.24, 2.45) is 0 Å². The van der Waals surface area contributed by atoms with E-state index in [9.17, 15) is 14.9 Å². The summed E-state index contributed by atoms with van der Waals surface area (Å²) < 4.78 is 4.90. The van der Waals surface area contributed by atoms with Gasteiger partial charge >= 0.3 is 5.97 Å². The summed E-state index contributed by atoms with van der Waals surface area (Å²) >= 11 is 0. The highest BCUT2D eigenvalue weighted by atomic mass is 16.6. The highest BCUT2D eigenvalue weighted by Crippen LogP contribution is 2.19. The molecule has 0 unspecified atom stereocenters. The van der Waals surface area contributed by atoms with Crippen molar-refractivity contribution in [2.45, 2.75) is 0 Å². The number of non-ortho nitro benzene ring substituents is 1. The van der Waals surface area contributed by atoms with E-state index in [1.54, 1.807) is 6.07 Å². The van der Waals surface area contributed by atoms with E-state index >= 15 is 0 Å². The number of ether oxygens (including phenoxy) is 1. The maximum absolute atomic E-state index is 10.5. The van der Waals surface area contributed by atoms with Crippen LogP contribution in [0.25, 0.3) is 5.76 Å². The normalized spacial score (nSPS) is 10.5. The van der Waals surface area contributed by atoms with Gasteiger partial charge in [0.05, 0.1) is 17.1 Å². The molecule has 0 heterocycles. The molecule has 0 fully saturated rings. The topological polar surface area (TPSA) is 113 Å². The number of carboxylic acid groups (broad SMARTS) is 1. The van der Waals surface area contributed by atoms with E-state index in [1.807, 2.05) is 0 Å². The number of nitriles is 1. The molecular formula is C11H8N2O5. The van der Waals surface area contributed by atoms with Gasteiger partial charge in [-0.3, -0.25) is 10.1 Å². The largest absolute Gasteiger partial charge is 0.481 e. The van der Waals surface area contributed by atoms with Crippen LogP contribution in [-0.4, -0.2) is 22.6 Å². The molecule has 0 radical (unpaired) electrons. The van der Waals surface area contributed by atoms with Crippen LogP contribution in [0.2, 0.25) is 0 Å². The monoisotopic (exact) mass is 248 g/mol. The zero-order valence-corrected chi connectivity index (χ0v) is 9.07. The molecule has 7 heteroatoms. The number of nitrogens with zero attached hydrogens (tertiary/aromatic N) is 2. The summed E-state index contributed by atoms with van der Waals surface area (Å²) in [5.74, 6) is -1.13. The average molecular weight is 248 g/mol. The first-order chi connectivity index (χ1) is 8.54. The second-order valence-corrected chi connectivity index (χ2v) is 3.12. The molecule has 7 nitrogen and oxygen atoms in total. The van der Waals surface area contributed by atoms with Gasteiger partial charge in [-0.15, -0.1) is 0 Å². The van der Waals surface area contributed by atoms with Gasteiger partial charge < -0.3 is 9.84 Å². The molecule has 0 aliphatic heterocycles. The van der Waals surface area contributed by atoms with Crippen molar-refractivity contribution in [1.82, 2.24) is 0 Å². The van der Waals surface area contributed by atoms with E-state index in [4.69, 9.17) is 15.1 Å². The summed E-state index contributed by atoms with van der Waals surface area (Å²) in [5.41, 5.74) is 0.289. The number of aliphatic carboxylic acids is 1. The quantitative estimate of drug-likeness (QED) is 0.366. The summed E-state index contributed by atoms with van der Waals surface area (Å²) in [6.45, 7) is -0.593. The first kappa shape index (κ1) is 13.2. The Morgan fingerprint density at radius 2 is 2.11 bits per heavy atom. The third-order valence-corrected chi connectivity index (χ3v) is 1.91. The smallest absolute Gasteiger partial charge is 0.341 e. The summed E-state index contributed by atoms with van der Waals surface area (Å²) in [7, 11) is 0. The van der Waals surface area contributed by atoms with E-state index in [0.29, 0.717) is 5.56 Å². The number of benzene rings is 1. The van der Waals surface area contributed by atoms with Crippen LogP contribution in [0.4, 0.5) is 5.69 Å². The lowest BCUT2D eigenvalue weighted by Gasteiger charge is -2.06. The van der Waals surface area contributed by atoms with Gasteiger partial charge in [0, 0.05) is 17.7 Å². The number of allylic oxidation sites excluding steroid dienone is 1. The van der Waals surface area contributed by atoms with Gasteiger partial charge in [-0.1, -0.05) is 0 Å². The molecule has 0 bridgehead atoms. The first-order valence-electron chi connectivity index (χ1n) is 4.74. The molecule has 0 saturated heterocycles. The lowest BCUT2D eigenvalue weighted by molar-refractivity contribution is -0.384. The molecule has 0 atom stereocenters. The van der Waals surface area contributed by atoms with E-state index in [0.717, 1.165) is 6.08 Å². The SMILES string of the molecule is N#C/C=C(\OCC(=O)O)c1ccc([N+](=O)[O-])cc1. The zero-order valence-electron chi connectivity index (χ0n) is 9.07. The number of nitro benzene ring substituents is 1. The van der Waals surface area contributed by atoms with Crippen molar-refractivity contribution in [1.29, 1.82) is 5.26 Å². The predicted octanol–water partition coefficient (Wildman–Crippen LogP) is 1.56. The van der Waals surface area contributed by atoms with Crippen LogP contribution >= 0.6 is 0 Å². The molecule has 1 aromatic rings. The fourth-order valence-electron chi connectivity index (χ4n) is 1.15. The van der Waals surface area contributed by atoms with E-state index in [1.165, 1.54) is 24.3 Å². The highest BCUT2D eigenvalue weighted by Gasteiger charge is 2.09. The maximum atomic E-state index is 10.5.